The van der Waals surface area contributed by atoms with Crippen LogP contribution in [-0.2, 0) is 0 Å². The molecule has 0 aliphatic rings. The van der Waals surface area contributed by atoms with Crippen molar-refractivity contribution in [2.75, 3.05) is 0 Å². The highest BCUT2D eigenvalue weighted by molar-refractivity contribution is 6.10. The molecule has 0 saturated heterocycles. The topological polar surface area (TPSA) is 17.1 Å². The summed E-state index contributed by atoms with van der Waals surface area (Å²) in [6.07, 6.45) is 5.81. The molecule has 0 radical (unpaired) electrons. The van der Waals surface area contributed by atoms with Crippen LogP contribution in [0, 0.1) is 12.8 Å². The number of allylic oxidation sites excluding steroid dienone is 4. The zero-order chi connectivity index (χ0) is 14.8. The molecular formula is C18H26O. The number of rotatable bonds is 4. The van der Waals surface area contributed by atoms with Crippen molar-refractivity contribution in [3.05, 3.63) is 59.2 Å². The van der Waals surface area contributed by atoms with Gasteiger partial charge < -0.3 is 0 Å². The second-order valence-corrected chi connectivity index (χ2v) is 4.54. The van der Waals surface area contributed by atoms with Crippen LogP contribution in [0.1, 0.15) is 50.5 Å². The Morgan fingerprint density at radius 2 is 1.63 bits per heavy atom. The smallest absolute Gasteiger partial charge is 0.192 e. The SMILES string of the molecule is C/C=C(\C=C/C(C)C)C(=O)c1ccc(C)cc1.CC. The summed E-state index contributed by atoms with van der Waals surface area (Å²) < 4.78 is 0. The van der Waals surface area contributed by atoms with Gasteiger partial charge in [0.25, 0.3) is 0 Å². The molecule has 19 heavy (non-hydrogen) atoms. The first-order valence-corrected chi connectivity index (χ1v) is 7.00. The Morgan fingerprint density at radius 3 is 2.05 bits per heavy atom. The van der Waals surface area contributed by atoms with Crippen LogP contribution in [-0.4, -0.2) is 5.78 Å². The second-order valence-electron chi connectivity index (χ2n) is 4.54. The van der Waals surface area contributed by atoms with Crippen molar-refractivity contribution in [1.82, 2.24) is 0 Å². The van der Waals surface area contributed by atoms with E-state index in [9.17, 15) is 4.79 Å². The van der Waals surface area contributed by atoms with Crippen molar-refractivity contribution in [2.45, 2.75) is 41.5 Å². The molecule has 0 saturated carbocycles. The Morgan fingerprint density at radius 1 is 1.11 bits per heavy atom. The molecule has 0 amide bonds. The summed E-state index contributed by atoms with van der Waals surface area (Å²) in [6, 6.07) is 7.69. The number of aryl methyl sites for hydroxylation is 1. The predicted octanol–water partition coefficient (Wildman–Crippen LogP) is 5.36. The minimum atomic E-state index is 0.0874. The largest absolute Gasteiger partial charge is 0.289 e. The average Bonchev–Trinajstić information content (AvgIpc) is 2.42. The molecule has 0 fully saturated rings. The summed E-state index contributed by atoms with van der Waals surface area (Å²) in [4.78, 5) is 12.2. The van der Waals surface area contributed by atoms with Crippen LogP contribution >= 0.6 is 0 Å². The molecule has 0 spiro atoms. The third kappa shape index (κ3) is 6.19. The van der Waals surface area contributed by atoms with Gasteiger partial charge in [0, 0.05) is 11.1 Å². The van der Waals surface area contributed by atoms with Crippen molar-refractivity contribution in [2.24, 2.45) is 5.92 Å². The fourth-order valence-corrected chi connectivity index (χ4v) is 1.47. The molecule has 0 unspecified atom stereocenters. The number of benzene rings is 1. The molecule has 1 aromatic carbocycles. The first-order valence-electron chi connectivity index (χ1n) is 7.00. The van der Waals surface area contributed by atoms with Gasteiger partial charge >= 0.3 is 0 Å². The first kappa shape index (κ1) is 17.4. The molecule has 0 heterocycles. The van der Waals surface area contributed by atoms with Crippen LogP contribution in [0.2, 0.25) is 0 Å². The maximum absolute atomic E-state index is 12.2. The van der Waals surface area contributed by atoms with Gasteiger partial charge in [0.1, 0.15) is 0 Å². The van der Waals surface area contributed by atoms with E-state index in [1.807, 2.05) is 70.2 Å². The average molecular weight is 258 g/mol. The zero-order valence-electron chi connectivity index (χ0n) is 13.0. The summed E-state index contributed by atoms with van der Waals surface area (Å²) >= 11 is 0. The minimum absolute atomic E-state index is 0.0874. The molecule has 1 rings (SSSR count). The Balaban J connectivity index is 0.00000154. The van der Waals surface area contributed by atoms with Gasteiger partial charge in [-0.05, 0) is 19.8 Å². The van der Waals surface area contributed by atoms with Crippen LogP contribution in [0.25, 0.3) is 0 Å². The van der Waals surface area contributed by atoms with Gasteiger partial charge in [-0.1, -0.05) is 75.8 Å². The molecule has 0 aliphatic heterocycles. The standard InChI is InChI=1S/C16H20O.C2H6/c1-5-14(9-6-12(2)3)16(17)15-10-7-13(4)8-11-15;1-2/h5-12H,1-4H3;1-2H3/b9-6-,14-5+;. The minimum Gasteiger partial charge on any atom is -0.289 e. The van der Waals surface area contributed by atoms with Gasteiger partial charge in [0.05, 0.1) is 0 Å². The molecule has 0 N–H and O–H groups in total. The highest BCUT2D eigenvalue weighted by Gasteiger charge is 2.08. The van der Waals surface area contributed by atoms with E-state index < -0.39 is 0 Å². The van der Waals surface area contributed by atoms with E-state index in [0.717, 1.165) is 11.1 Å². The Hall–Kier alpha value is -1.63. The van der Waals surface area contributed by atoms with Crippen LogP contribution in [0.5, 0.6) is 0 Å². The van der Waals surface area contributed by atoms with E-state index in [4.69, 9.17) is 0 Å². The number of hydrogen-bond donors (Lipinski definition) is 0. The van der Waals surface area contributed by atoms with Crippen molar-refractivity contribution in [3.8, 4) is 0 Å². The van der Waals surface area contributed by atoms with E-state index in [2.05, 4.69) is 13.8 Å². The number of Topliss-reactive ketones (excluding diaryl/α,β-unsaturated/α-hetero) is 1. The monoisotopic (exact) mass is 258 g/mol. The molecule has 0 atom stereocenters. The lowest BCUT2D eigenvalue weighted by atomic mass is 10.0. The third-order valence-electron chi connectivity index (χ3n) is 2.55. The van der Waals surface area contributed by atoms with Crippen molar-refractivity contribution in [1.29, 1.82) is 0 Å². The molecule has 104 valence electrons. The molecular weight excluding hydrogens is 232 g/mol. The van der Waals surface area contributed by atoms with Crippen molar-refractivity contribution >= 4 is 5.78 Å². The van der Waals surface area contributed by atoms with Gasteiger partial charge in [-0.2, -0.15) is 0 Å². The van der Waals surface area contributed by atoms with Crippen LogP contribution in [0.4, 0.5) is 0 Å². The second kappa shape index (κ2) is 9.32. The van der Waals surface area contributed by atoms with Gasteiger partial charge in [-0.15, -0.1) is 0 Å². The van der Waals surface area contributed by atoms with Crippen LogP contribution in [0.3, 0.4) is 0 Å². The molecule has 1 nitrogen and oxygen atoms in total. The Kier molecular flexibility index (Phi) is 8.52. The fourth-order valence-electron chi connectivity index (χ4n) is 1.47. The number of hydrogen-bond acceptors (Lipinski definition) is 1. The quantitative estimate of drug-likeness (QED) is 0.403. The fraction of sp³-hybridized carbons (Fsp3) is 0.389. The van der Waals surface area contributed by atoms with E-state index in [1.165, 1.54) is 5.56 Å². The highest BCUT2D eigenvalue weighted by Crippen LogP contribution is 2.12. The number of carbonyl (C=O) groups is 1. The maximum Gasteiger partial charge on any atom is 0.192 e. The van der Waals surface area contributed by atoms with Gasteiger partial charge in [-0.3, -0.25) is 4.79 Å². The van der Waals surface area contributed by atoms with Crippen molar-refractivity contribution in [3.63, 3.8) is 0 Å². The van der Waals surface area contributed by atoms with Gasteiger partial charge in [-0.25, -0.2) is 0 Å². The van der Waals surface area contributed by atoms with E-state index >= 15 is 0 Å². The summed E-state index contributed by atoms with van der Waals surface area (Å²) in [6.45, 7) is 12.1. The summed E-state index contributed by atoms with van der Waals surface area (Å²) in [5.41, 5.74) is 2.67. The molecule has 0 bridgehead atoms. The summed E-state index contributed by atoms with van der Waals surface area (Å²) in [7, 11) is 0. The van der Waals surface area contributed by atoms with E-state index in [1.54, 1.807) is 0 Å². The number of carbonyl (C=O) groups excluding carboxylic acids is 1. The summed E-state index contributed by atoms with van der Waals surface area (Å²) in [5.74, 6) is 0.542. The molecule has 0 aromatic heterocycles. The normalized spacial score (nSPS) is 11.4. The van der Waals surface area contributed by atoms with Gasteiger partial charge in [0.15, 0.2) is 5.78 Å². The molecule has 0 aliphatic carbocycles. The summed E-state index contributed by atoms with van der Waals surface area (Å²) in [5, 5.41) is 0. The zero-order valence-corrected chi connectivity index (χ0v) is 13.0. The van der Waals surface area contributed by atoms with E-state index in [0.29, 0.717) is 5.92 Å². The maximum atomic E-state index is 12.2. The van der Waals surface area contributed by atoms with Crippen molar-refractivity contribution < 1.29 is 4.79 Å². The lowest BCUT2D eigenvalue weighted by Crippen LogP contribution is -2.01. The first-order chi connectivity index (χ1) is 9.04. The van der Waals surface area contributed by atoms with E-state index in [-0.39, 0.29) is 5.78 Å². The lowest BCUT2D eigenvalue weighted by Gasteiger charge is -2.03. The Bertz CT molecular complexity index is 433. The molecule has 1 heteroatoms. The number of ketones is 1. The highest BCUT2D eigenvalue weighted by atomic mass is 16.1. The molecule has 1 aromatic rings. The van der Waals surface area contributed by atoms with Crippen LogP contribution in [0.15, 0.2) is 48.1 Å². The van der Waals surface area contributed by atoms with Crippen LogP contribution < -0.4 is 0 Å². The predicted molar refractivity (Wildman–Crippen MR) is 84.6 cm³/mol. The van der Waals surface area contributed by atoms with Gasteiger partial charge in [0.2, 0.25) is 0 Å². The lowest BCUT2D eigenvalue weighted by molar-refractivity contribution is 0.103. The third-order valence-corrected chi connectivity index (χ3v) is 2.55. The Labute approximate surface area is 118 Å².